The van der Waals surface area contributed by atoms with Crippen LogP contribution in [0, 0.1) is 0 Å². The number of aromatic nitrogens is 3. The molecule has 3 heterocycles. The predicted molar refractivity (Wildman–Crippen MR) is 104 cm³/mol. The molecule has 134 valence electrons. The molecule has 0 bridgehead atoms. The molecule has 1 aliphatic heterocycles. The van der Waals surface area contributed by atoms with E-state index in [2.05, 4.69) is 14.3 Å². The molecule has 0 atom stereocenters. The maximum atomic E-state index is 12.3. The highest BCUT2D eigenvalue weighted by Crippen LogP contribution is 2.35. The Morgan fingerprint density at radius 3 is 2.73 bits per heavy atom. The van der Waals surface area contributed by atoms with Gasteiger partial charge in [0.25, 0.3) is 0 Å². The van der Waals surface area contributed by atoms with Crippen LogP contribution in [0.4, 0.5) is 0 Å². The van der Waals surface area contributed by atoms with Gasteiger partial charge in [-0.05, 0) is 48.6 Å². The minimum atomic E-state index is 0.180. The molecule has 0 N–H and O–H groups in total. The van der Waals surface area contributed by atoms with Crippen LogP contribution in [0.15, 0.2) is 35.6 Å². The van der Waals surface area contributed by atoms with Gasteiger partial charge in [0.1, 0.15) is 33.0 Å². The van der Waals surface area contributed by atoms with Gasteiger partial charge in [-0.3, -0.25) is 4.79 Å². The van der Waals surface area contributed by atoms with Crippen molar-refractivity contribution in [1.82, 2.24) is 19.2 Å². The predicted octanol–water partition coefficient (Wildman–Crippen LogP) is 3.48. The van der Waals surface area contributed by atoms with Crippen LogP contribution in [0.2, 0.25) is 0 Å². The highest BCUT2D eigenvalue weighted by Gasteiger charge is 2.20. The van der Waals surface area contributed by atoms with E-state index in [1.807, 2.05) is 29.2 Å². The fourth-order valence-electron chi connectivity index (χ4n) is 2.97. The molecule has 8 heteroatoms. The van der Waals surface area contributed by atoms with Gasteiger partial charge in [-0.25, -0.2) is 9.97 Å². The highest BCUT2D eigenvalue weighted by molar-refractivity contribution is 8.00. The number of amides is 1. The lowest BCUT2D eigenvalue weighted by molar-refractivity contribution is -0.127. The minimum absolute atomic E-state index is 0.180. The van der Waals surface area contributed by atoms with Crippen molar-refractivity contribution in [3.05, 3.63) is 30.6 Å². The summed E-state index contributed by atoms with van der Waals surface area (Å²) in [6.07, 6.45) is 3.76. The summed E-state index contributed by atoms with van der Waals surface area (Å²) in [5.74, 6) is 1.39. The van der Waals surface area contributed by atoms with Crippen LogP contribution in [0.1, 0.15) is 12.8 Å². The number of thioether (sulfide) groups is 1. The van der Waals surface area contributed by atoms with Gasteiger partial charge in [-0.2, -0.15) is 4.37 Å². The van der Waals surface area contributed by atoms with Crippen molar-refractivity contribution >= 4 is 39.4 Å². The van der Waals surface area contributed by atoms with E-state index in [0.29, 0.717) is 5.75 Å². The number of carbonyl (C=O) groups excluding carboxylic acids is 1. The second-order valence-electron chi connectivity index (χ2n) is 5.99. The van der Waals surface area contributed by atoms with Gasteiger partial charge in [0, 0.05) is 18.7 Å². The van der Waals surface area contributed by atoms with Crippen LogP contribution in [-0.4, -0.2) is 51.1 Å². The van der Waals surface area contributed by atoms with Gasteiger partial charge in [0.05, 0.1) is 12.9 Å². The zero-order valence-electron chi connectivity index (χ0n) is 14.3. The smallest absolute Gasteiger partial charge is 0.232 e. The molecule has 0 radical (unpaired) electrons. The van der Waals surface area contributed by atoms with Crippen molar-refractivity contribution in [2.45, 2.75) is 17.9 Å². The van der Waals surface area contributed by atoms with Crippen LogP contribution < -0.4 is 4.74 Å². The molecule has 1 aromatic carbocycles. The summed E-state index contributed by atoms with van der Waals surface area (Å²) < 4.78 is 10.7. The van der Waals surface area contributed by atoms with Crippen molar-refractivity contribution in [2.24, 2.45) is 0 Å². The van der Waals surface area contributed by atoms with Gasteiger partial charge in [-0.1, -0.05) is 11.8 Å². The van der Waals surface area contributed by atoms with E-state index in [-0.39, 0.29) is 5.91 Å². The molecule has 1 saturated heterocycles. The molecule has 1 aliphatic rings. The number of benzene rings is 1. The van der Waals surface area contributed by atoms with Gasteiger partial charge in [0.2, 0.25) is 5.91 Å². The topological polar surface area (TPSA) is 68.2 Å². The number of carbonyl (C=O) groups is 1. The van der Waals surface area contributed by atoms with Crippen molar-refractivity contribution in [1.29, 1.82) is 0 Å². The summed E-state index contributed by atoms with van der Waals surface area (Å²) in [4.78, 5) is 23.0. The quantitative estimate of drug-likeness (QED) is 0.494. The second kappa shape index (κ2) is 7.59. The zero-order valence-corrected chi connectivity index (χ0v) is 16.0. The third-order valence-electron chi connectivity index (χ3n) is 4.38. The Morgan fingerprint density at radius 2 is 2.00 bits per heavy atom. The maximum Gasteiger partial charge on any atom is 0.232 e. The lowest BCUT2D eigenvalue weighted by atomic mass is 10.1. The Kier molecular flexibility index (Phi) is 5.03. The first-order chi connectivity index (χ1) is 12.8. The number of nitrogens with zero attached hydrogens (tertiary/aromatic N) is 4. The molecule has 0 saturated carbocycles. The van der Waals surface area contributed by atoms with Gasteiger partial charge >= 0.3 is 0 Å². The zero-order chi connectivity index (χ0) is 17.9. The lowest BCUT2D eigenvalue weighted by Gasteiger charge is -2.14. The van der Waals surface area contributed by atoms with Crippen molar-refractivity contribution in [3.8, 4) is 17.0 Å². The first-order valence-electron chi connectivity index (χ1n) is 8.41. The van der Waals surface area contributed by atoms with Gasteiger partial charge in [0.15, 0.2) is 0 Å². The van der Waals surface area contributed by atoms with Crippen LogP contribution in [0.5, 0.6) is 5.75 Å². The molecule has 0 spiro atoms. The maximum absolute atomic E-state index is 12.3. The van der Waals surface area contributed by atoms with E-state index in [1.54, 1.807) is 13.4 Å². The first kappa shape index (κ1) is 17.2. The molecule has 1 fully saturated rings. The fourth-order valence-corrected chi connectivity index (χ4v) is 4.79. The van der Waals surface area contributed by atoms with Crippen LogP contribution in [0.3, 0.4) is 0 Å². The summed E-state index contributed by atoms with van der Waals surface area (Å²) in [6, 6.07) is 7.76. The fraction of sp³-hybridized carbons (Fsp3) is 0.333. The number of rotatable bonds is 5. The van der Waals surface area contributed by atoms with Crippen LogP contribution >= 0.6 is 23.3 Å². The Hall–Kier alpha value is -2.19. The van der Waals surface area contributed by atoms with Gasteiger partial charge < -0.3 is 9.64 Å². The lowest BCUT2D eigenvalue weighted by Crippen LogP contribution is -2.29. The van der Waals surface area contributed by atoms with Crippen LogP contribution in [0.25, 0.3) is 21.5 Å². The Morgan fingerprint density at radius 1 is 1.23 bits per heavy atom. The van der Waals surface area contributed by atoms with Gasteiger partial charge in [-0.15, -0.1) is 0 Å². The molecule has 4 rings (SSSR count). The Balaban J connectivity index is 1.57. The first-order valence-corrected chi connectivity index (χ1v) is 10.2. The van der Waals surface area contributed by atoms with E-state index in [9.17, 15) is 4.79 Å². The summed E-state index contributed by atoms with van der Waals surface area (Å²) in [6.45, 7) is 1.75. The third kappa shape index (κ3) is 3.39. The second-order valence-corrected chi connectivity index (χ2v) is 7.73. The largest absolute Gasteiger partial charge is 0.497 e. The normalized spacial score (nSPS) is 14.1. The number of likely N-dealkylation sites (tertiary alicyclic amines) is 1. The average Bonchev–Trinajstić information content (AvgIpc) is 3.36. The number of hydrogen-bond donors (Lipinski definition) is 0. The molecule has 2 aromatic heterocycles. The summed E-state index contributed by atoms with van der Waals surface area (Å²) in [7, 11) is 1.65. The molecule has 0 unspecified atom stereocenters. The average molecular weight is 387 g/mol. The number of hydrogen-bond acceptors (Lipinski definition) is 7. The van der Waals surface area contributed by atoms with Crippen molar-refractivity contribution in [2.75, 3.05) is 26.0 Å². The Bertz CT molecular complexity index is 921. The molecular weight excluding hydrogens is 368 g/mol. The minimum Gasteiger partial charge on any atom is -0.497 e. The molecule has 26 heavy (non-hydrogen) atoms. The number of fused-ring (bicyclic) bond motifs is 1. The number of methoxy groups -OCH3 is 1. The van der Waals surface area contributed by atoms with E-state index < -0.39 is 0 Å². The van der Waals surface area contributed by atoms with Crippen LogP contribution in [-0.2, 0) is 4.79 Å². The SMILES string of the molecule is COc1ccc(-c2nsc3c(SCC(=O)N4CCCC4)ncnc23)cc1. The standard InChI is InChI=1S/C18H18N4O2S2/c1-24-13-6-4-12(5-7-13)15-16-17(26-21-15)18(20-11-19-16)25-10-14(23)22-8-2-3-9-22/h4-7,11H,2-3,8-10H2,1H3. The molecule has 3 aromatic rings. The monoisotopic (exact) mass is 386 g/mol. The molecule has 0 aliphatic carbocycles. The Labute approximate surface area is 159 Å². The van der Waals surface area contributed by atoms with Crippen molar-refractivity contribution in [3.63, 3.8) is 0 Å². The van der Waals surface area contributed by atoms with E-state index in [0.717, 1.165) is 58.2 Å². The van der Waals surface area contributed by atoms with E-state index >= 15 is 0 Å². The summed E-state index contributed by atoms with van der Waals surface area (Å²) in [5, 5.41) is 0.819. The number of ether oxygens (including phenoxy) is 1. The molecular formula is C18H18N4O2S2. The molecule has 6 nitrogen and oxygen atoms in total. The highest BCUT2D eigenvalue weighted by atomic mass is 32.2. The van der Waals surface area contributed by atoms with E-state index in [4.69, 9.17) is 4.74 Å². The summed E-state index contributed by atoms with van der Waals surface area (Å²) >= 11 is 2.84. The van der Waals surface area contributed by atoms with E-state index in [1.165, 1.54) is 23.3 Å². The molecule has 1 amide bonds. The third-order valence-corrected chi connectivity index (χ3v) is 6.32. The van der Waals surface area contributed by atoms with Crippen molar-refractivity contribution < 1.29 is 9.53 Å². The summed E-state index contributed by atoms with van der Waals surface area (Å²) in [5.41, 5.74) is 2.65.